The van der Waals surface area contributed by atoms with Crippen molar-refractivity contribution in [3.8, 4) is 0 Å². The number of hydrogen-bond donors (Lipinski definition) is 1. The van der Waals surface area contributed by atoms with E-state index in [2.05, 4.69) is 18.7 Å². The van der Waals surface area contributed by atoms with E-state index in [0.717, 1.165) is 6.54 Å². The molecule has 1 spiro atoms. The maximum absolute atomic E-state index is 5.86. The lowest BCUT2D eigenvalue weighted by molar-refractivity contribution is -0.0630. The summed E-state index contributed by atoms with van der Waals surface area (Å²) in [5.74, 6) is 0.705. The van der Waals surface area contributed by atoms with Gasteiger partial charge < -0.3 is 5.73 Å². The molecule has 1 aliphatic carbocycles. The van der Waals surface area contributed by atoms with Crippen molar-refractivity contribution < 1.29 is 0 Å². The highest BCUT2D eigenvalue weighted by Crippen LogP contribution is 2.44. The normalized spacial score (nSPS) is 28.0. The van der Waals surface area contributed by atoms with Gasteiger partial charge in [0.1, 0.15) is 0 Å². The Balaban J connectivity index is 1.85. The SMILES string of the molecule is CC(C)C(CN)N1CC2(CCCCC2)C1. The summed E-state index contributed by atoms with van der Waals surface area (Å²) in [6, 6.07) is 0.623. The average molecular weight is 210 g/mol. The Morgan fingerprint density at radius 3 is 2.20 bits per heavy atom. The Kier molecular flexibility index (Phi) is 3.36. The number of nitrogens with two attached hydrogens (primary N) is 1. The van der Waals surface area contributed by atoms with Crippen LogP contribution in [0.25, 0.3) is 0 Å². The average Bonchev–Trinajstić information content (AvgIpc) is 2.17. The van der Waals surface area contributed by atoms with E-state index in [1.165, 1.54) is 45.2 Å². The van der Waals surface area contributed by atoms with E-state index >= 15 is 0 Å². The first-order valence-electron chi connectivity index (χ1n) is 6.61. The van der Waals surface area contributed by atoms with E-state index in [9.17, 15) is 0 Å². The molecule has 2 nitrogen and oxygen atoms in total. The fourth-order valence-corrected chi connectivity index (χ4v) is 3.51. The summed E-state index contributed by atoms with van der Waals surface area (Å²) in [4.78, 5) is 2.62. The molecular weight excluding hydrogens is 184 g/mol. The molecule has 1 unspecified atom stereocenters. The van der Waals surface area contributed by atoms with E-state index < -0.39 is 0 Å². The second kappa shape index (κ2) is 4.42. The van der Waals surface area contributed by atoms with E-state index in [1.807, 2.05) is 0 Å². The maximum atomic E-state index is 5.86. The zero-order valence-electron chi connectivity index (χ0n) is 10.3. The monoisotopic (exact) mass is 210 g/mol. The zero-order chi connectivity index (χ0) is 10.9. The quantitative estimate of drug-likeness (QED) is 0.774. The van der Waals surface area contributed by atoms with Crippen molar-refractivity contribution in [3.63, 3.8) is 0 Å². The van der Waals surface area contributed by atoms with E-state index in [-0.39, 0.29) is 0 Å². The molecule has 1 saturated heterocycles. The fraction of sp³-hybridized carbons (Fsp3) is 1.00. The van der Waals surface area contributed by atoms with Crippen molar-refractivity contribution >= 4 is 0 Å². The summed E-state index contributed by atoms with van der Waals surface area (Å²) < 4.78 is 0. The number of likely N-dealkylation sites (tertiary alicyclic amines) is 1. The first-order valence-corrected chi connectivity index (χ1v) is 6.61. The van der Waals surface area contributed by atoms with Crippen molar-refractivity contribution in [2.24, 2.45) is 17.1 Å². The van der Waals surface area contributed by atoms with Crippen LogP contribution in [0.5, 0.6) is 0 Å². The van der Waals surface area contributed by atoms with Crippen molar-refractivity contribution in [3.05, 3.63) is 0 Å². The van der Waals surface area contributed by atoms with Gasteiger partial charge in [-0.3, -0.25) is 4.90 Å². The van der Waals surface area contributed by atoms with Gasteiger partial charge in [0.2, 0.25) is 0 Å². The predicted molar refractivity (Wildman–Crippen MR) is 64.8 cm³/mol. The highest BCUT2D eigenvalue weighted by Gasteiger charge is 2.45. The van der Waals surface area contributed by atoms with Crippen molar-refractivity contribution in [2.75, 3.05) is 19.6 Å². The molecule has 2 heteroatoms. The minimum Gasteiger partial charge on any atom is -0.329 e. The van der Waals surface area contributed by atoms with Gasteiger partial charge in [0.25, 0.3) is 0 Å². The summed E-state index contributed by atoms with van der Waals surface area (Å²) in [5, 5.41) is 0. The van der Waals surface area contributed by atoms with Crippen LogP contribution in [-0.2, 0) is 0 Å². The molecule has 0 aromatic rings. The van der Waals surface area contributed by atoms with Crippen LogP contribution in [0.4, 0.5) is 0 Å². The topological polar surface area (TPSA) is 29.3 Å². The third-order valence-electron chi connectivity index (χ3n) is 4.47. The molecule has 1 atom stereocenters. The van der Waals surface area contributed by atoms with Crippen molar-refractivity contribution in [1.29, 1.82) is 0 Å². The molecule has 0 amide bonds. The van der Waals surface area contributed by atoms with Crippen LogP contribution in [0.15, 0.2) is 0 Å². The van der Waals surface area contributed by atoms with Gasteiger partial charge >= 0.3 is 0 Å². The standard InChI is InChI=1S/C13H26N2/c1-11(2)12(8-14)15-9-13(10-15)6-4-3-5-7-13/h11-12H,3-10,14H2,1-2H3. The summed E-state index contributed by atoms with van der Waals surface area (Å²) in [5.41, 5.74) is 6.57. The van der Waals surface area contributed by atoms with E-state index in [1.54, 1.807) is 0 Å². The number of hydrogen-bond acceptors (Lipinski definition) is 2. The lowest BCUT2D eigenvalue weighted by atomic mass is 9.68. The molecule has 88 valence electrons. The maximum Gasteiger partial charge on any atom is 0.0241 e. The third kappa shape index (κ3) is 2.21. The summed E-state index contributed by atoms with van der Waals surface area (Å²) >= 11 is 0. The molecule has 1 saturated carbocycles. The van der Waals surface area contributed by atoms with Crippen LogP contribution in [0.1, 0.15) is 46.0 Å². The Bertz CT molecular complexity index is 199. The van der Waals surface area contributed by atoms with Gasteiger partial charge in [0.05, 0.1) is 0 Å². The minimum absolute atomic E-state index is 0.623. The zero-order valence-corrected chi connectivity index (χ0v) is 10.3. The van der Waals surface area contributed by atoms with Crippen LogP contribution in [0.3, 0.4) is 0 Å². The minimum atomic E-state index is 0.623. The fourth-order valence-electron chi connectivity index (χ4n) is 3.51. The highest BCUT2D eigenvalue weighted by atomic mass is 15.2. The van der Waals surface area contributed by atoms with Crippen LogP contribution in [0.2, 0.25) is 0 Å². The largest absolute Gasteiger partial charge is 0.329 e. The molecule has 1 aliphatic heterocycles. The smallest absolute Gasteiger partial charge is 0.0241 e. The van der Waals surface area contributed by atoms with E-state index in [4.69, 9.17) is 5.73 Å². The Morgan fingerprint density at radius 1 is 1.13 bits per heavy atom. The van der Waals surface area contributed by atoms with Gasteiger partial charge in [0.15, 0.2) is 0 Å². The summed E-state index contributed by atoms with van der Waals surface area (Å²) in [6.45, 7) is 8.07. The predicted octanol–water partition coefficient (Wildman–Crippen LogP) is 2.24. The van der Waals surface area contributed by atoms with Crippen LogP contribution in [-0.4, -0.2) is 30.6 Å². The molecule has 2 fully saturated rings. The second-order valence-corrected chi connectivity index (χ2v) is 6.01. The van der Waals surface area contributed by atoms with Crippen LogP contribution >= 0.6 is 0 Å². The molecule has 0 aromatic heterocycles. The molecule has 0 bridgehead atoms. The molecule has 2 N–H and O–H groups in total. The van der Waals surface area contributed by atoms with Gasteiger partial charge in [-0.15, -0.1) is 0 Å². The molecule has 0 radical (unpaired) electrons. The number of rotatable bonds is 3. The Morgan fingerprint density at radius 2 is 1.73 bits per heavy atom. The second-order valence-electron chi connectivity index (χ2n) is 6.01. The van der Waals surface area contributed by atoms with Gasteiger partial charge in [0, 0.05) is 25.7 Å². The lowest BCUT2D eigenvalue weighted by Gasteiger charge is -2.56. The van der Waals surface area contributed by atoms with Gasteiger partial charge in [-0.2, -0.15) is 0 Å². The number of nitrogens with zero attached hydrogens (tertiary/aromatic N) is 1. The molecule has 2 rings (SSSR count). The van der Waals surface area contributed by atoms with Crippen molar-refractivity contribution in [1.82, 2.24) is 4.90 Å². The Hall–Kier alpha value is -0.0800. The third-order valence-corrected chi connectivity index (χ3v) is 4.47. The van der Waals surface area contributed by atoms with Crippen LogP contribution in [0, 0.1) is 11.3 Å². The van der Waals surface area contributed by atoms with Crippen molar-refractivity contribution in [2.45, 2.75) is 52.0 Å². The van der Waals surface area contributed by atoms with Gasteiger partial charge in [-0.1, -0.05) is 33.1 Å². The molecule has 1 heterocycles. The van der Waals surface area contributed by atoms with Crippen LogP contribution < -0.4 is 5.73 Å². The molecular formula is C13H26N2. The summed E-state index contributed by atoms with van der Waals surface area (Å²) in [6.07, 6.45) is 7.33. The first kappa shape index (κ1) is 11.4. The van der Waals surface area contributed by atoms with Gasteiger partial charge in [-0.05, 0) is 24.2 Å². The molecule has 15 heavy (non-hydrogen) atoms. The highest BCUT2D eigenvalue weighted by molar-refractivity contribution is 4.99. The van der Waals surface area contributed by atoms with Gasteiger partial charge in [-0.25, -0.2) is 0 Å². The first-order chi connectivity index (χ1) is 7.17. The molecule has 0 aromatic carbocycles. The summed E-state index contributed by atoms with van der Waals surface area (Å²) in [7, 11) is 0. The molecule has 2 aliphatic rings. The Labute approximate surface area is 94.2 Å². The van der Waals surface area contributed by atoms with E-state index in [0.29, 0.717) is 17.4 Å². The lowest BCUT2D eigenvalue weighted by Crippen LogP contribution is -2.62.